The molecule has 1 fully saturated rings. The molecule has 3 aromatic rings. The maximum atomic E-state index is 14.2. The minimum Gasteiger partial charge on any atom is -0.366 e. The standard InChI is InChI=1S/C18H16ClFN6S/c19-18-25-17-15(27-18)16(22-10-23-17)24-13-3-5-26(6-4-13)9-11-1-2-14(20)12(7-11)8-21/h1-2,7,10,13H,3-6,9H2,(H,22,23,24)/i1D,2D,3D2,4D2,7D,9D,13D/hD. The monoisotopic (exact) mass is 412 g/mol. The van der Waals surface area contributed by atoms with Gasteiger partial charge in [-0.1, -0.05) is 29.0 Å². The fourth-order valence-corrected chi connectivity index (χ4v) is 3.26. The van der Waals surface area contributed by atoms with Crippen molar-refractivity contribution in [2.45, 2.75) is 25.3 Å². The first-order chi connectivity index (χ1) is 17.1. The second kappa shape index (κ2) is 7.72. The summed E-state index contributed by atoms with van der Waals surface area (Å²) in [6.45, 7) is -3.48. The number of nitrogens with zero attached hydrogens (tertiary/aromatic N) is 5. The van der Waals surface area contributed by atoms with Crippen LogP contribution in [0.4, 0.5) is 10.2 Å². The molecular weight excluding hydrogens is 387 g/mol. The van der Waals surface area contributed by atoms with E-state index in [0.717, 1.165) is 22.6 Å². The minimum atomic E-state index is -2.93. The third-order valence-corrected chi connectivity index (χ3v) is 4.62. The van der Waals surface area contributed by atoms with Gasteiger partial charge < -0.3 is 5.31 Å². The van der Waals surface area contributed by atoms with E-state index in [1.165, 1.54) is 6.07 Å². The van der Waals surface area contributed by atoms with Gasteiger partial charge in [-0.15, -0.1) is 0 Å². The Morgan fingerprint density at radius 3 is 3.15 bits per heavy atom. The Bertz CT molecular complexity index is 1430. The number of hydrogen-bond donors (Lipinski definition) is 1. The summed E-state index contributed by atoms with van der Waals surface area (Å²) >= 11 is 6.79. The van der Waals surface area contributed by atoms with Gasteiger partial charge in [-0.05, 0) is 30.4 Å². The highest BCUT2D eigenvalue weighted by molar-refractivity contribution is 7.22. The molecule has 9 heteroatoms. The SMILES string of the molecule is [2H]c1c([2H])c(C([2H])N2CC([2H])([2H])C([2H])(N([2H])c3ncnc4nc(Cl)sc34)C([2H])([2H])C2)c([2H])c(C#N)c1F. The van der Waals surface area contributed by atoms with Gasteiger partial charge in [0, 0.05) is 32.5 Å². The van der Waals surface area contributed by atoms with Gasteiger partial charge in [-0.25, -0.2) is 19.3 Å². The molecule has 0 bridgehead atoms. The minimum absolute atomic E-state index is 0.0456. The summed E-state index contributed by atoms with van der Waals surface area (Å²) in [4.78, 5) is 12.7. The van der Waals surface area contributed by atoms with Gasteiger partial charge in [0.05, 0.1) is 11.0 Å². The lowest BCUT2D eigenvalue weighted by Gasteiger charge is -2.32. The number of nitriles is 1. The lowest BCUT2D eigenvalue weighted by molar-refractivity contribution is 0.211. The molecule has 138 valence electrons. The van der Waals surface area contributed by atoms with Crippen molar-refractivity contribution in [3.8, 4) is 6.07 Å². The van der Waals surface area contributed by atoms with E-state index in [1.807, 2.05) is 0 Å². The molecule has 0 spiro atoms. The van der Waals surface area contributed by atoms with Gasteiger partial charge in [0.2, 0.25) is 0 Å². The number of fused-ring (bicyclic) bond motifs is 1. The first-order valence-corrected chi connectivity index (χ1v) is 8.70. The molecule has 1 N–H and O–H groups in total. The molecule has 4 rings (SSSR count). The summed E-state index contributed by atoms with van der Waals surface area (Å²) < 4.78 is 98.7. The number of thiazole rings is 1. The van der Waals surface area contributed by atoms with E-state index < -0.39 is 73.4 Å². The summed E-state index contributed by atoms with van der Waals surface area (Å²) in [6.07, 6.45) is -4.72. The molecule has 1 aliphatic rings. The fourth-order valence-electron chi connectivity index (χ4n) is 2.27. The summed E-state index contributed by atoms with van der Waals surface area (Å²) in [5.41, 5.74) is -1.36. The van der Waals surface area contributed by atoms with Crippen LogP contribution in [0.15, 0.2) is 24.5 Å². The largest absolute Gasteiger partial charge is 0.366 e. The first kappa shape index (κ1) is 9.73. The van der Waals surface area contributed by atoms with Crippen LogP contribution < -0.4 is 5.31 Å². The van der Waals surface area contributed by atoms with E-state index in [9.17, 15) is 9.65 Å². The van der Waals surface area contributed by atoms with Crippen LogP contribution in [-0.4, -0.2) is 39.0 Å². The number of piperidine rings is 1. The predicted octanol–water partition coefficient (Wildman–Crippen LogP) is 3.83. The number of aromatic nitrogens is 3. The number of benzene rings is 1. The van der Waals surface area contributed by atoms with Gasteiger partial charge in [0.15, 0.2) is 11.5 Å². The van der Waals surface area contributed by atoms with Crippen LogP contribution in [0.25, 0.3) is 10.3 Å². The number of rotatable bonds is 4. The maximum absolute atomic E-state index is 14.2. The highest BCUT2D eigenvalue weighted by atomic mass is 35.5. The fraction of sp³-hybridized carbons (Fsp3) is 0.333. The molecular formula is C18H16ClFN6S. The summed E-state index contributed by atoms with van der Waals surface area (Å²) in [5, 5.41) is 9.48. The number of anilines is 1. The van der Waals surface area contributed by atoms with E-state index in [1.54, 1.807) is 0 Å². The van der Waals surface area contributed by atoms with Gasteiger partial charge in [-0.3, -0.25) is 4.90 Å². The van der Waals surface area contributed by atoms with Gasteiger partial charge in [0.25, 0.3) is 0 Å². The zero-order valence-corrected chi connectivity index (χ0v) is 15.0. The van der Waals surface area contributed by atoms with Crippen molar-refractivity contribution in [1.29, 1.82) is 5.26 Å². The van der Waals surface area contributed by atoms with Crippen LogP contribution in [-0.2, 0) is 6.52 Å². The van der Waals surface area contributed by atoms with E-state index in [0.29, 0.717) is 5.31 Å². The van der Waals surface area contributed by atoms with Crippen molar-refractivity contribution >= 4 is 39.1 Å². The molecule has 0 aliphatic carbocycles. The predicted molar refractivity (Wildman–Crippen MR) is 103 cm³/mol. The van der Waals surface area contributed by atoms with E-state index >= 15 is 0 Å². The number of hydrogen-bond acceptors (Lipinski definition) is 7. The molecule has 1 aromatic carbocycles. The van der Waals surface area contributed by atoms with E-state index in [-0.39, 0.29) is 20.6 Å². The Kier molecular flexibility index (Phi) is 2.78. The van der Waals surface area contributed by atoms with Gasteiger partial charge >= 0.3 is 0 Å². The van der Waals surface area contributed by atoms with Crippen LogP contribution in [0, 0.1) is 17.1 Å². The first-order valence-electron chi connectivity index (χ1n) is 12.5. The Labute approximate surface area is 178 Å². The molecule has 1 unspecified atom stereocenters. The lowest BCUT2D eigenvalue weighted by Crippen LogP contribution is -2.38. The quantitative estimate of drug-likeness (QED) is 0.701. The molecule has 27 heavy (non-hydrogen) atoms. The number of halogens is 2. The topological polar surface area (TPSA) is 77.7 Å². The van der Waals surface area contributed by atoms with Crippen molar-refractivity contribution in [2.24, 2.45) is 0 Å². The Morgan fingerprint density at radius 1 is 1.56 bits per heavy atom. The zero-order valence-electron chi connectivity index (χ0n) is 23.4. The average Bonchev–Trinajstić information content (AvgIpc) is 3.20. The highest BCUT2D eigenvalue weighted by Crippen LogP contribution is 2.30. The van der Waals surface area contributed by atoms with Gasteiger partial charge in [0.1, 0.15) is 28.7 Å². The smallest absolute Gasteiger partial charge is 0.186 e. The van der Waals surface area contributed by atoms with Crippen LogP contribution >= 0.6 is 22.9 Å². The highest BCUT2D eigenvalue weighted by Gasteiger charge is 2.21. The van der Waals surface area contributed by atoms with Crippen molar-refractivity contribution in [3.05, 3.63) is 45.9 Å². The second-order valence-corrected chi connectivity index (χ2v) is 6.84. The van der Waals surface area contributed by atoms with Crippen molar-refractivity contribution in [1.82, 2.24) is 19.9 Å². The molecule has 0 radical (unpaired) electrons. The Morgan fingerprint density at radius 2 is 2.37 bits per heavy atom. The van der Waals surface area contributed by atoms with Crippen molar-refractivity contribution in [3.63, 3.8) is 0 Å². The summed E-state index contributed by atoms with van der Waals surface area (Å²) in [6, 6.07) is -4.23. The molecule has 1 aliphatic heterocycles. The Balaban J connectivity index is 1.78. The average molecular weight is 413 g/mol. The summed E-state index contributed by atoms with van der Waals surface area (Å²) in [5.74, 6) is -1.70. The van der Waals surface area contributed by atoms with Crippen molar-refractivity contribution < 1.29 is 18.1 Å². The molecule has 2 aromatic heterocycles. The van der Waals surface area contributed by atoms with E-state index in [2.05, 4.69) is 15.0 Å². The normalized spacial score (nSPS) is 27.1. The summed E-state index contributed by atoms with van der Waals surface area (Å²) in [7, 11) is 0. The molecule has 1 saturated heterocycles. The Hall–Kier alpha value is -2.34. The molecule has 0 saturated carbocycles. The molecule has 6 nitrogen and oxygen atoms in total. The number of nitrogens with one attached hydrogen (secondary N) is 1. The molecule has 1 atom stereocenters. The number of likely N-dealkylation sites (tertiary alicyclic amines) is 1. The van der Waals surface area contributed by atoms with Crippen LogP contribution in [0.2, 0.25) is 5.88 Å². The van der Waals surface area contributed by atoms with Crippen LogP contribution in [0.3, 0.4) is 0 Å². The van der Waals surface area contributed by atoms with Crippen LogP contribution in [0.1, 0.15) is 36.2 Å². The second-order valence-electron chi connectivity index (χ2n) is 5.25. The molecule has 0 amide bonds. The zero-order chi connectivity index (χ0) is 27.7. The van der Waals surface area contributed by atoms with Crippen molar-refractivity contribution in [2.75, 3.05) is 18.4 Å². The lowest BCUT2D eigenvalue weighted by atomic mass is 10.0. The van der Waals surface area contributed by atoms with Gasteiger partial charge in [-0.2, -0.15) is 5.26 Å². The third kappa shape index (κ3) is 4.00. The third-order valence-electron chi connectivity index (χ3n) is 3.47. The van der Waals surface area contributed by atoms with E-state index in [4.69, 9.17) is 25.3 Å². The maximum Gasteiger partial charge on any atom is 0.186 e. The van der Waals surface area contributed by atoms with Crippen LogP contribution in [0.5, 0.6) is 0 Å². The molecule has 3 heterocycles.